The Morgan fingerprint density at radius 2 is 1.72 bits per heavy atom. The Hall–Kier alpha value is -3.02. The number of rotatable bonds is 4. The summed E-state index contributed by atoms with van der Waals surface area (Å²) in [6, 6.07) is 22.7. The van der Waals surface area contributed by atoms with Crippen LogP contribution in [0.15, 0.2) is 77.6 Å². The van der Waals surface area contributed by atoms with Gasteiger partial charge in [-0.1, -0.05) is 60.7 Å². The van der Waals surface area contributed by atoms with Crippen molar-refractivity contribution in [3.63, 3.8) is 0 Å². The molecule has 0 saturated carbocycles. The zero-order valence-corrected chi connectivity index (χ0v) is 16.8. The molecule has 1 atom stereocenters. The molecule has 0 saturated heterocycles. The Balaban J connectivity index is 1.36. The maximum Gasteiger partial charge on any atom is 0.259 e. The summed E-state index contributed by atoms with van der Waals surface area (Å²) in [7, 11) is 0. The first kappa shape index (κ1) is 18.0. The minimum atomic E-state index is -0.0413. The van der Waals surface area contributed by atoms with E-state index in [1.54, 1.807) is 11.3 Å². The summed E-state index contributed by atoms with van der Waals surface area (Å²) in [6.07, 6.45) is 3.37. The molecule has 1 aliphatic heterocycles. The number of aromatic amines is 1. The van der Waals surface area contributed by atoms with Crippen LogP contribution in [-0.2, 0) is 6.54 Å². The number of nitrogens with zero attached hydrogens (tertiary/aromatic N) is 1. The fraction of sp³-hybridized carbons (Fsp3) is 0.167. The van der Waals surface area contributed by atoms with Gasteiger partial charge in [0.25, 0.3) is 5.56 Å². The van der Waals surface area contributed by atoms with E-state index in [0.29, 0.717) is 5.39 Å². The maximum atomic E-state index is 12.6. The van der Waals surface area contributed by atoms with Crippen LogP contribution in [0.2, 0.25) is 0 Å². The van der Waals surface area contributed by atoms with Crippen LogP contribution in [0.1, 0.15) is 17.8 Å². The summed E-state index contributed by atoms with van der Waals surface area (Å²) in [5, 5.41) is 0.678. The number of fused-ring (bicyclic) bond motifs is 1. The largest absolute Gasteiger partial charge is 0.325 e. The Morgan fingerprint density at radius 3 is 2.41 bits per heavy atom. The van der Waals surface area contributed by atoms with Crippen molar-refractivity contribution in [2.75, 3.05) is 13.1 Å². The van der Waals surface area contributed by atoms with E-state index < -0.39 is 0 Å². The fourth-order valence-electron chi connectivity index (χ4n) is 3.90. The fourth-order valence-corrected chi connectivity index (χ4v) is 4.96. The van der Waals surface area contributed by atoms with Crippen molar-refractivity contribution >= 4 is 27.1 Å². The average Bonchev–Trinajstić information content (AvgIpc) is 3.20. The molecule has 0 spiro atoms. The summed E-state index contributed by atoms with van der Waals surface area (Å²) in [5.41, 5.74) is 3.81. The van der Waals surface area contributed by atoms with Gasteiger partial charge in [0.15, 0.2) is 5.82 Å². The Morgan fingerprint density at radius 1 is 1.00 bits per heavy atom. The van der Waals surface area contributed by atoms with Crippen molar-refractivity contribution in [1.29, 1.82) is 0 Å². The van der Waals surface area contributed by atoms with Crippen LogP contribution >= 0.6 is 11.3 Å². The van der Waals surface area contributed by atoms with Gasteiger partial charge in [-0.05, 0) is 28.8 Å². The number of thiophene rings is 1. The molecule has 2 N–H and O–H groups in total. The zero-order valence-electron chi connectivity index (χ0n) is 16.0. The predicted molar refractivity (Wildman–Crippen MR) is 119 cm³/mol. The molecule has 5 heteroatoms. The number of hydrogen-bond donors (Lipinski definition) is 2. The summed E-state index contributed by atoms with van der Waals surface area (Å²) in [4.78, 5) is 23.7. The van der Waals surface area contributed by atoms with Gasteiger partial charge >= 0.3 is 0 Å². The molecule has 144 valence electrons. The quantitative estimate of drug-likeness (QED) is 0.551. The minimum absolute atomic E-state index is 0.0413. The van der Waals surface area contributed by atoms with E-state index in [-0.39, 0.29) is 5.56 Å². The lowest BCUT2D eigenvalue weighted by molar-refractivity contribution is -0.909. The van der Waals surface area contributed by atoms with Crippen LogP contribution in [0, 0.1) is 0 Å². The number of hydrogen-bond acceptors (Lipinski definition) is 3. The highest BCUT2D eigenvalue weighted by Gasteiger charge is 2.18. The maximum absolute atomic E-state index is 12.6. The second-order valence-electron chi connectivity index (χ2n) is 7.43. The summed E-state index contributed by atoms with van der Waals surface area (Å²) >= 11 is 1.59. The highest BCUT2D eigenvalue weighted by Crippen LogP contribution is 2.30. The van der Waals surface area contributed by atoms with Gasteiger partial charge in [-0.15, -0.1) is 11.3 Å². The third-order valence-electron chi connectivity index (χ3n) is 5.46. The Bertz CT molecular complexity index is 1230. The van der Waals surface area contributed by atoms with E-state index in [9.17, 15) is 4.79 Å². The molecular formula is C24H22N3OS+. The van der Waals surface area contributed by atoms with Gasteiger partial charge in [0.05, 0.1) is 18.5 Å². The second kappa shape index (κ2) is 7.78. The van der Waals surface area contributed by atoms with E-state index in [4.69, 9.17) is 4.98 Å². The van der Waals surface area contributed by atoms with Gasteiger partial charge < -0.3 is 9.88 Å². The molecule has 0 bridgehead atoms. The summed E-state index contributed by atoms with van der Waals surface area (Å²) < 4.78 is 0. The molecule has 0 radical (unpaired) electrons. The van der Waals surface area contributed by atoms with E-state index in [2.05, 4.69) is 53.5 Å². The number of benzene rings is 2. The monoisotopic (exact) mass is 400 g/mol. The first-order valence-electron chi connectivity index (χ1n) is 9.92. The number of nitrogens with one attached hydrogen (secondary N) is 2. The number of quaternary nitrogens is 1. The first-order valence-corrected chi connectivity index (χ1v) is 10.7. The minimum Gasteiger partial charge on any atom is -0.325 e. The van der Waals surface area contributed by atoms with E-state index >= 15 is 0 Å². The average molecular weight is 401 g/mol. The lowest BCUT2D eigenvalue weighted by atomic mass is 10.00. The third-order valence-corrected chi connectivity index (χ3v) is 6.53. The van der Waals surface area contributed by atoms with Crippen molar-refractivity contribution in [2.45, 2.75) is 13.0 Å². The molecule has 2 aromatic carbocycles. The summed E-state index contributed by atoms with van der Waals surface area (Å²) in [6.45, 7) is 2.73. The van der Waals surface area contributed by atoms with E-state index in [0.717, 1.165) is 47.2 Å². The lowest BCUT2D eigenvalue weighted by Gasteiger charge is -2.23. The van der Waals surface area contributed by atoms with Gasteiger partial charge in [0.1, 0.15) is 11.4 Å². The third kappa shape index (κ3) is 3.79. The second-order valence-corrected chi connectivity index (χ2v) is 8.47. The van der Waals surface area contributed by atoms with Crippen LogP contribution in [0.5, 0.6) is 0 Å². The smallest absolute Gasteiger partial charge is 0.259 e. The molecule has 1 unspecified atom stereocenters. The van der Waals surface area contributed by atoms with E-state index in [1.807, 2.05) is 24.3 Å². The van der Waals surface area contributed by atoms with Crippen molar-refractivity contribution in [1.82, 2.24) is 9.97 Å². The lowest BCUT2D eigenvalue weighted by Crippen LogP contribution is -3.11. The molecule has 2 aromatic heterocycles. The molecule has 5 rings (SSSR count). The summed E-state index contributed by atoms with van der Waals surface area (Å²) in [5.74, 6) is 0.774. The highest BCUT2D eigenvalue weighted by molar-refractivity contribution is 7.21. The van der Waals surface area contributed by atoms with Crippen LogP contribution < -0.4 is 10.5 Å². The van der Waals surface area contributed by atoms with Crippen molar-refractivity contribution in [2.24, 2.45) is 0 Å². The number of H-pyrrole nitrogens is 1. The molecule has 4 nitrogen and oxygen atoms in total. The highest BCUT2D eigenvalue weighted by atomic mass is 32.1. The zero-order chi connectivity index (χ0) is 19.6. The van der Waals surface area contributed by atoms with Gasteiger partial charge in [-0.25, -0.2) is 4.98 Å². The van der Waals surface area contributed by atoms with Gasteiger partial charge in [0.2, 0.25) is 0 Å². The molecule has 1 aliphatic rings. The van der Waals surface area contributed by atoms with Crippen LogP contribution in [0.4, 0.5) is 0 Å². The van der Waals surface area contributed by atoms with Crippen LogP contribution in [-0.4, -0.2) is 23.1 Å². The Kier molecular flexibility index (Phi) is 4.84. The Labute approximate surface area is 173 Å². The topological polar surface area (TPSA) is 50.2 Å². The SMILES string of the molecule is O=c1[nH]c(C[NH+]2CC=C(c3ccccc3)CC2)nc2sc(-c3ccccc3)cc12. The first-order chi connectivity index (χ1) is 14.3. The molecule has 0 aliphatic carbocycles. The molecule has 3 heterocycles. The van der Waals surface area contributed by atoms with E-state index in [1.165, 1.54) is 16.0 Å². The van der Waals surface area contributed by atoms with Crippen molar-refractivity contribution in [3.05, 3.63) is 94.5 Å². The molecule has 0 amide bonds. The normalized spacial score (nSPS) is 16.7. The van der Waals surface area contributed by atoms with Gasteiger partial charge in [0, 0.05) is 11.3 Å². The molecular weight excluding hydrogens is 378 g/mol. The van der Waals surface area contributed by atoms with Crippen LogP contribution in [0.3, 0.4) is 0 Å². The molecule has 4 aromatic rings. The van der Waals surface area contributed by atoms with Crippen LogP contribution in [0.25, 0.3) is 26.2 Å². The predicted octanol–water partition coefficient (Wildman–Crippen LogP) is 3.52. The van der Waals surface area contributed by atoms with Crippen molar-refractivity contribution < 1.29 is 4.90 Å². The van der Waals surface area contributed by atoms with Gasteiger partial charge in [-0.2, -0.15) is 0 Å². The van der Waals surface area contributed by atoms with Gasteiger partial charge in [-0.3, -0.25) is 4.79 Å². The van der Waals surface area contributed by atoms with Crippen molar-refractivity contribution in [3.8, 4) is 10.4 Å². The standard InChI is InChI=1S/C24H21N3OS/c28-23-20-15-21(19-9-5-2-6-10-19)29-24(20)26-22(25-23)16-27-13-11-18(12-14-27)17-7-3-1-4-8-17/h1-11,15H,12-14,16H2,(H,25,26,28)/p+1. The molecule has 29 heavy (non-hydrogen) atoms. The number of aromatic nitrogens is 2. The molecule has 0 fully saturated rings.